The van der Waals surface area contributed by atoms with E-state index in [9.17, 15) is 0 Å². The van der Waals surface area contributed by atoms with Crippen LogP contribution < -0.4 is 10.2 Å². The van der Waals surface area contributed by atoms with Crippen molar-refractivity contribution < 1.29 is 0 Å². The van der Waals surface area contributed by atoms with E-state index in [-0.39, 0.29) is 0 Å². The molecule has 94 valence electrons. The molecule has 1 atom stereocenters. The molecule has 1 aromatic rings. The summed E-state index contributed by atoms with van der Waals surface area (Å²) in [6.45, 7) is 8.00. The van der Waals surface area contributed by atoms with Crippen molar-refractivity contribution in [2.75, 3.05) is 31.6 Å². The van der Waals surface area contributed by atoms with Gasteiger partial charge in [-0.05, 0) is 49.0 Å². The van der Waals surface area contributed by atoms with Crippen LogP contribution in [-0.4, -0.2) is 26.7 Å². The molecule has 0 aromatic heterocycles. The van der Waals surface area contributed by atoms with Gasteiger partial charge in [-0.15, -0.1) is 0 Å². The summed E-state index contributed by atoms with van der Waals surface area (Å²) in [5, 5.41) is 3.43. The third-order valence-electron chi connectivity index (χ3n) is 3.69. The standard InChI is InChI=1S/C15H24N2/c1-12(2)14-4-6-15(7-5-14)17(3)11-13-8-9-16-10-13/h4-7,12-13,16H,8-11H2,1-3H3. The van der Waals surface area contributed by atoms with Crippen LogP contribution in [0, 0.1) is 5.92 Å². The Morgan fingerprint density at radius 2 is 2.00 bits per heavy atom. The molecule has 0 spiro atoms. The van der Waals surface area contributed by atoms with Crippen molar-refractivity contribution in [1.82, 2.24) is 5.32 Å². The van der Waals surface area contributed by atoms with Crippen LogP contribution in [0.1, 0.15) is 31.7 Å². The van der Waals surface area contributed by atoms with Crippen LogP contribution in [-0.2, 0) is 0 Å². The number of rotatable bonds is 4. The number of hydrogen-bond acceptors (Lipinski definition) is 2. The molecule has 1 fully saturated rings. The quantitative estimate of drug-likeness (QED) is 0.858. The Morgan fingerprint density at radius 1 is 1.29 bits per heavy atom. The highest BCUT2D eigenvalue weighted by Crippen LogP contribution is 2.20. The van der Waals surface area contributed by atoms with Crippen molar-refractivity contribution in [2.45, 2.75) is 26.2 Å². The van der Waals surface area contributed by atoms with Crippen molar-refractivity contribution in [1.29, 1.82) is 0 Å². The molecule has 1 saturated heterocycles. The fourth-order valence-electron chi connectivity index (χ4n) is 2.48. The highest BCUT2D eigenvalue weighted by atomic mass is 15.1. The lowest BCUT2D eigenvalue weighted by molar-refractivity contribution is 0.578. The maximum absolute atomic E-state index is 3.43. The zero-order chi connectivity index (χ0) is 12.3. The van der Waals surface area contributed by atoms with Gasteiger partial charge in [0.05, 0.1) is 0 Å². The SMILES string of the molecule is CC(C)c1ccc(N(C)CC2CCNC2)cc1. The molecular weight excluding hydrogens is 208 g/mol. The van der Waals surface area contributed by atoms with Crippen LogP contribution >= 0.6 is 0 Å². The molecule has 0 bridgehead atoms. The minimum absolute atomic E-state index is 0.619. The Morgan fingerprint density at radius 3 is 2.53 bits per heavy atom. The van der Waals surface area contributed by atoms with Crippen molar-refractivity contribution in [3.8, 4) is 0 Å². The molecule has 0 saturated carbocycles. The van der Waals surface area contributed by atoms with Crippen LogP contribution in [0.15, 0.2) is 24.3 Å². The Bertz CT molecular complexity index is 336. The van der Waals surface area contributed by atoms with E-state index in [1.54, 1.807) is 0 Å². The summed E-state index contributed by atoms with van der Waals surface area (Å²) < 4.78 is 0. The minimum atomic E-state index is 0.619. The fourth-order valence-corrected chi connectivity index (χ4v) is 2.48. The molecule has 1 unspecified atom stereocenters. The summed E-state index contributed by atoms with van der Waals surface area (Å²) in [5.74, 6) is 1.43. The van der Waals surface area contributed by atoms with Crippen LogP contribution in [0.4, 0.5) is 5.69 Å². The Kier molecular flexibility index (Phi) is 4.06. The Hall–Kier alpha value is -1.02. The summed E-state index contributed by atoms with van der Waals surface area (Å²) in [7, 11) is 2.20. The van der Waals surface area contributed by atoms with E-state index in [4.69, 9.17) is 0 Å². The fraction of sp³-hybridized carbons (Fsp3) is 0.600. The first kappa shape index (κ1) is 12.4. The summed E-state index contributed by atoms with van der Waals surface area (Å²) >= 11 is 0. The van der Waals surface area contributed by atoms with Crippen LogP contribution in [0.5, 0.6) is 0 Å². The van der Waals surface area contributed by atoms with Gasteiger partial charge in [-0.25, -0.2) is 0 Å². The molecule has 0 aliphatic carbocycles. The van der Waals surface area contributed by atoms with Crippen molar-refractivity contribution >= 4 is 5.69 Å². The third kappa shape index (κ3) is 3.22. The molecule has 1 aliphatic rings. The molecule has 2 rings (SSSR count). The van der Waals surface area contributed by atoms with Crippen molar-refractivity contribution in [3.05, 3.63) is 29.8 Å². The normalized spacial score (nSPS) is 19.9. The van der Waals surface area contributed by atoms with Crippen LogP contribution in [0.25, 0.3) is 0 Å². The predicted molar refractivity (Wildman–Crippen MR) is 74.8 cm³/mol. The van der Waals surface area contributed by atoms with Crippen molar-refractivity contribution in [3.63, 3.8) is 0 Å². The zero-order valence-electron chi connectivity index (χ0n) is 11.2. The zero-order valence-corrected chi connectivity index (χ0v) is 11.2. The van der Waals surface area contributed by atoms with E-state index in [1.807, 2.05) is 0 Å². The first-order valence-electron chi connectivity index (χ1n) is 6.68. The second-order valence-electron chi connectivity index (χ2n) is 5.49. The maximum atomic E-state index is 3.43. The van der Waals surface area contributed by atoms with E-state index < -0.39 is 0 Å². The second-order valence-corrected chi connectivity index (χ2v) is 5.49. The molecule has 1 aliphatic heterocycles. The number of benzene rings is 1. The summed E-state index contributed by atoms with van der Waals surface area (Å²) in [4.78, 5) is 2.38. The molecule has 17 heavy (non-hydrogen) atoms. The van der Waals surface area contributed by atoms with Gasteiger partial charge in [-0.1, -0.05) is 26.0 Å². The van der Waals surface area contributed by atoms with Crippen molar-refractivity contribution in [2.24, 2.45) is 5.92 Å². The highest BCUT2D eigenvalue weighted by Gasteiger charge is 2.16. The minimum Gasteiger partial charge on any atom is -0.374 e. The van der Waals surface area contributed by atoms with Gasteiger partial charge in [0.2, 0.25) is 0 Å². The summed E-state index contributed by atoms with van der Waals surface area (Å²) in [6, 6.07) is 9.00. The highest BCUT2D eigenvalue weighted by molar-refractivity contribution is 5.47. The van der Waals surface area contributed by atoms with Crippen LogP contribution in [0.3, 0.4) is 0 Å². The first-order chi connectivity index (χ1) is 8.16. The van der Waals surface area contributed by atoms with Gasteiger partial charge in [0.1, 0.15) is 0 Å². The molecule has 0 radical (unpaired) electrons. The first-order valence-corrected chi connectivity index (χ1v) is 6.68. The number of nitrogens with one attached hydrogen (secondary N) is 1. The molecule has 1 N–H and O–H groups in total. The lowest BCUT2D eigenvalue weighted by Gasteiger charge is -2.23. The van der Waals surface area contributed by atoms with Gasteiger partial charge in [-0.3, -0.25) is 0 Å². The molecule has 1 aromatic carbocycles. The van der Waals surface area contributed by atoms with E-state index in [0.717, 1.165) is 12.5 Å². The lowest BCUT2D eigenvalue weighted by Crippen LogP contribution is -2.26. The van der Waals surface area contributed by atoms with Gasteiger partial charge < -0.3 is 10.2 Å². The largest absolute Gasteiger partial charge is 0.374 e. The molecule has 2 nitrogen and oxygen atoms in total. The monoisotopic (exact) mass is 232 g/mol. The smallest absolute Gasteiger partial charge is 0.0363 e. The second kappa shape index (κ2) is 5.54. The molecule has 0 amide bonds. The third-order valence-corrected chi connectivity index (χ3v) is 3.69. The van der Waals surface area contributed by atoms with Gasteiger partial charge in [0.15, 0.2) is 0 Å². The van der Waals surface area contributed by atoms with E-state index in [2.05, 4.69) is 55.4 Å². The van der Waals surface area contributed by atoms with Gasteiger partial charge in [-0.2, -0.15) is 0 Å². The van der Waals surface area contributed by atoms with Gasteiger partial charge in [0, 0.05) is 19.3 Å². The van der Waals surface area contributed by atoms with E-state index >= 15 is 0 Å². The van der Waals surface area contributed by atoms with Gasteiger partial charge >= 0.3 is 0 Å². The Balaban J connectivity index is 1.96. The summed E-state index contributed by atoms with van der Waals surface area (Å²) in [6.07, 6.45) is 1.31. The van der Waals surface area contributed by atoms with E-state index in [1.165, 1.54) is 30.8 Å². The van der Waals surface area contributed by atoms with Crippen LogP contribution in [0.2, 0.25) is 0 Å². The van der Waals surface area contributed by atoms with Gasteiger partial charge in [0.25, 0.3) is 0 Å². The maximum Gasteiger partial charge on any atom is 0.0363 e. The number of nitrogens with zero attached hydrogens (tertiary/aromatic N) is 1. The lowest BCUT2D eigenvalue weighted by atomic mass is 10.0. The predicted octanol–water partition coefficient (Wildman–Crippen LogP) is 2.86. The molecule has 1 heterocycles. The Labute approximate surface area is 105 Å². The van der Waals surface area contributed by atoms with E-state index in [0.29, 0.717) is 5.92 Å². The molecule has 2 heteroatoms. The number of anilines is 1. The molecular formula is C15H24N2. The summed E-state index contributed by atoms with van der Waals surface area (Å²) in [5.41, 5.74) is 2.76. The average molecular weight is 232 g/mol. The number of hydrogen-bond donors (Lipinski definition) is 1. The topological polar surface area (TPSA) is 15.3 Å². The average Bonchev–Trinajstić information content (AvgIpc) is 2.82.